The standard InChI is InChI=1S/C14H21ClN2/c1-2-12-4-3-8-17(9-6-12)11-14-10-13(15)5-7-16-14/h5,7,10,12H,2-4,6,8-9,11H2,1H3. The highest BCUT2D eigenvalue weighted by atomic mass is 35.5. The number of pyridine rings is 1. The molecule has 94 valence electrons. The van der Waals surface area contributed by atoms with Crippen molar-refractivity contribution in [3.05, 3.63) is 29.0 Å². The summed E-state index contributed by atoms with van der Waals surface area (Å²) in [6.45, 7) is 5.65. The zero-order valence-electron chi connectivity index (χ0n) is 10.5. The zero-order chi connectivity index (χ0) is 12.1. The van der Waals surface area contributed by atoms with Gasteiger partial charge in [0.05, 0.1) is 5.69 Å². The highest BCUT2D eigenvalue weighted by molar-refractivity contribution is 6.30. The van der Waals surface area contributed by atoms with E-state index < -0.39 is 0 Å². The molecule has 0 radical (unpaired) electrons. The number of halogens is 1. The monoisotopic (exact) mass is 252 g/mol. The van der Waals surface area contributed by atoms with Crippen molar-refractivity contribution in [1.82, 2.24) is 9.88 Å². The van der Waals surface area contributed by atoms with E-state index in [1.807, 2.05) is 12.1 Å². The fraction of sp³-hybridized carbons (Fsp3) is 0.643. The molecule has 1 fully saturated rings. The summed E-state index contributed by atoms with van der Waals surface area (Å²) >= 11 is 5.98. The first-order chi connectivity index (χ1) is 8.28. The summed E-state index contributed by atoms with van der Waals surface area (Å²) in [6.07, 6.45) is 7.15. The van der Waals surface area contributed by atoms with Crippen LogP contribution in [0.3, 0.4) is 0 Å². The van der Waals surface area contributed by atoms with Crippen LogP contribution in [-0.4, -0.2) is 23.0 Å². The van der Waals surface area contributed by atoms with Crippen LogP contribution >= 0.6 is 11.6 Å². The van der Waals surface area contributed by atoms with E-state index in [9.17, 15) is 0 Å². The van der Waals surface area contributed by atoms with Crippen LogP contribution in [0.15, 0.2) is 18.3 Å². The molecule has 17 heavy (non-hydrogen) atoms. The van der Waals surface area contributed by atoms with Crippen molar-refractivity contribution in [1.29, 1.82) is 0 Å². The van der Waals surface area contributed by atoms with Gasteiger partial charge in [0.15, 0.2) is 0 Å². The Morgan fingerprint density at radius 2 is 2.29 bits per heavy atom. The van der Waals surface area contributed by atoms with E-state index in [-0.39, 0.29) is 0 Å². The van der Waals surface area contributed by atoms with Crippen LogP contribution in [0.5, 0.6) is 0 Å². The van der Waals surface area contributed by atoms with Gasteiger partial charge in [0.25, 0.3) is 0 Å². The number of hydrogen-bond acceptors (Lipinski definition) is 2. The molecule has 0 N–H and O–H groups in total. The third-order valence-electron chi connectivity index (χ3n) is 3.68. The molecule has 0 spiro atoms. The number of rotatable bonds is 3. The summed E-state index contributed by atoms with van der Waals surface area (Å²) in [5.74, 6) is 0.923. The van der Waals surface area contributed by atoms with Crippen LogP contribution in [0.2, 0.25) is 5.02 Å². The SMILES string of the molecule is CCC1CCCN(Cc2cc(Cl)ccn2)CC1. The van der Waals surface area contributed by atoms with Crippen LogP contribution in [0.4, 0.5) is 0 Å². The highest BCUT2D eigenvalue weighted by Gasteiger charge is 2.15. The molecular weight excluding hydrogens is 232 g/mol. The van der Waals surface area contributed by atoms with E-state index in [1.54, 1.807) is 6.20 Å². The largest absolute Gasteiger partial charge is 0.298 e. The van der Waals surface area contributed by atoms with Gasteiger partial charge in [0.1, 0.15) is 0 Å². The molecule has 1 aliphatic rings. The maximum atomic E-state index is 5.98. The summed E-state index contributed by atoms with van der Waals surface area (Å²) in [4.78, 5) is 6.89. The zero-order valence-corrected chi connectivity index (χ0v) is 11.3. The number of nitrogens with zero attached hydrogens (tertiary/aromatic N) is 2. The first-order valence-electron chi connectivity index (χ1n) is 6.60. The van der Waals surface area contributed by atoms with Crippen LogP contribution in [-0.2, 0) is 6.54 Å². The highest BCUT2D eigenvalue weighted by Crippen LogP contribution is 2.21. The molecule has 1 aliphatic heterocycles. The summed E-state index contributed by atoms with van der Waals surface area (Å²) < 4.78 is 0. The van der Waals surface area contributed by atoms with E-state index in [0.717, 1.165) is 23.2 Å². The van der Waals surface area contributed by atoms with Crippen LogP contribution < -0.4 is 0 Å². The van der Waals surface area contributed by atoms with Gasteiger partial charge < -0.3 is 0 Å². The summed E-state index contributed by atoms with van der Waals surface area (Å²) in [6, 6.07) is 3.81. The van der Waals surface area contributed by atoms with Crippen molar-refractivity contribution in [2.45, 2.75) is 39.2 Å². The Morgan fingerprint density at radius 1 is 1.41 bits per heavy atom. The lowest BCUT2D eigenvalue weighted by molar-refractivity contribution is 0.269. The maximum Gasteiger partial charge on any atom is 0.0558 e. The topological polar surface area (TPSA) is 16.1 Å². The average Bonchev–Trinajstić information content (AvgIpc) is 2.54. The van der Waals surface area contributed by atoms with Gasteiger partial charge in [-0.3, -0.25) is 9.88 Å². The Bertz CT molecular complexity index is 354. The summed E-state index contributed by atoms with van der Waals surface area (Å²) in [7, 11) is 0. The summed E-state index contributed by atoms with van der Waals surface area (Å²) in [5, 5.41) is 0.788. The predicted molar refractivity (Wildman–Crippen MR) is 72.2 cm³/mol. The van der Waals surface area contributed by atoms with E-state index in [2.05, 4.69) is 16.8 Å². The molecule has 1 atom stereocenters. The Morgan fingerprint density at radius 3 is 3.06 bits per heavy atom. The molecular formula is C14H21ClN2. The Hall–Kier alpha value is -0.600. The van der Waals surface area contributed by atoms with Crippen molar-refractivity contribution >= 4 is 11.6 Å². The molecule has 3 heteroatoms. The first kappa shape index (κ1) is 12.8. The third kappa shape index (κ3) is 3.97. The van der Waals surface area contributed by atoms with Gasteiger partial charge in [0, 0.05) is 17.8 Å². The van der Waals surface area contributed by atoms with Crippen molar-refractivity contribution in [3.8, 4) is 0 Å². The molecule has 2 rings (SSSR count). The van der Waals surface area contributed by atoms with E-state index in [4.69, 9.17) is 11.6 Å². The van der Waals surface area contributed by atoms with Crippen molar-refractivity contribution in [2.24, 2.45) is 5.92 Å². The lowest BCUT2D eigenvalue weighted by Crippen LogP contribution is -2.24. The fourth-order valence-electron chi connectivity index (χ4n) is 2.56. The molecule has 2 heterocycles. The van der Waals surface area contributed by atoms with Gasteiger partial charge in [-0.05, 0) is 50.4 Å². The Balaban J connectivity index is 1.90. The predicted octanol–water partition coefficient (Wildman–Crippen LogP) is 3.75. The second kappa shape index (κ2) is 6.36. The average molecular weight is 253 g/mol. The molecule has 1 aromatic rings. The van der Waals surface area contributed by atoms with Crippen LogP contribution in [0.1, 0.15) is 38.3 Å². The number of aromatic nitrogens is 1. The second-order valence-corrected chi connectivity index (χ2v) is 5.38. The van der Waals surface area contributed by atoms with Gasteiger partial charge in [0.2, 0.25) is 0 Å². The molecule has 1 saturated heterocycles. The van der Waals surface area contributed by atoms with Crippen molar-refractivity contribution in [3.63, 3.8) is 0 Å². The van der Waals surface area contributed by atoms with Gasteiger partial charge in [-0.25, -0.2) is 0 Å². The third-order valence-corrected chi connectivity index (χ3v) is 3.92. The van der Waals surface area contributed by atoms with Gasteiger partial charge in [-0.15, -0.1) is 0 Å². The van der Waals surface area contributed by atoms with Gasteiger partial charge in [-0.1, -0.05) is 24.9 Å². The normalized spacial score (nSPS) is 22.4. The lowest BCUT2D eigenvalue weighted by atomic mass is 9.98. The quantitative estimate of drug-likeness (QED) is 0.815. The van der Waals surface area contributed by atoms with E-state index in [0.29, 0.717) is 0 Å². The van der Waals surface area contributed by atoms with Crippen molar-refractivity contribution < 1.29 is 0 Å². The lowest BCUT2D eigenvalue weighted by Gasteiger charge is -2.19. The molecule has 0 aliphatic carbocycles. The van der Waals surface area contributed by atoms with E-state index in [1.165, 1.54) is 38.8 Å². The first-order valence-corrected chi connectivity index (χ1v) is 6.98. The molecule has 0 saturated carbocycles. The minimum atomic E-state index is 0.788. The van der Waals surface area contributed by atoms with Crippen molar-refractivity contribution in [2.75, 3.05) is 13.1 Å². The van der Waals surface area contributed by atoms with Crippen LogP contribution in [0.25, 0.3) is 0 Å². The molecule has 0 bridgehead atoms. The Kier molecular flexibility index (Phi) is 4.81. The second-order valence-electron chi connectivity index (χ2n) is 4.95. The smallest absolute Gasteiger partial charge is 0.0558 e. The fourth-order valence-corrected chi connectivity index (χ4v) is 2.74. The molecule has 2 nitrogen and oxygen atoms in total. The minimum absolute atomic E-state index is 0.788. The molecule has 0 aromatic carbocycles. The van der Waals surface area contributed by atoms with Crippen LogP contribution in [0, 0.1) is 5.92 Å². The van der Waals surface area contributed by atoms with Gasteiger partial charge >= 0.3 is 0 Å². The number of hydrogen-bond donors (Lipinski definition) is 0. The molecule has 1 aromatic heterocycles. The van der Waals surface area contributed by atoms with E-state index >= 15 is 0 Å². The number of likely N-dealkylation sites (tertiary alicyclic amines) is 1. The molecule has 1 unspecified atom stereocenters. The molecule has 0 amide bonds. The summed E-state index contributed by atoms with van der Waals surface area (Å²) in [5.41, 5.74) is 1.09. The maximum absolute atomic E-state index is 5.98. The Labute approximate surface area is 109 Å². The van der Waals surface area contributed by atoms with Gasteiger partial charge in [-0.2, -0.15) is 0 Å². The minimum Gasteiger partial charge on any atom is -0.298 e.